The first-order chi connectivity index (χ1) is 17.4. The lowest BCUT2D eigenvalue weighted by atomic mass is 10.1. The second kappa shape index (κ2) is 9.96. The summed E-state index contributed by atoms with van der Waals surface area (Å²) >= 11 is 1.61. The summed E-state index contributed by atoms with van der Waals surface area (Å²) in [5, 5.41) is 12.7. The van der Waals surface area contributed by atoms with Crippen molar-refractivity contribution in [2.45, 2.75) is 6.42 Å². The summed E-state index contributed by atoms with van der Waals surface area (Å²) in [5.74, 6) is -2.10. The number of halogens is 2. The SMILES string of the molecule is CN(C)CCCOc1ccc(-n2nnnc2-c2cc(-c3cc4ccccc4s3)cnc2N)c(F)c1F. The summed E-state index contributed by atoms with van der Waals surface area (Å²) in [6, 6.07) is 14.6. The van der Waals surface area contributed by atoms with Gasteiger partial charge in [0, 0.05) is 27.9 Å². The standard InChI is InChI=1S/C25H23F2N7OS/c1-33(2)10-5-11-35-19-9-8-18(22(26)23(19)27)34-25(30-31-32-34)17-12-16(14-29-24(17)28)21-13-15-6-3-4-7-20(15)36-21/h3-4,6-9,12-14H,5,10-11H2,1-2H3,(H2,28,29). The molecule has 0 spiro atoms. The molecule has 0 fully saturated rings. The minimum atomic E-state index is -1.12. The number of thiophene rings is 1. The van der Waals surface area contributed by atoms with Crippen molar-refractivity contribution in [2.24, 2.45) is 0 Å². The maximum Gasteiger partial charge on any atom is 0.202 e. The lowest BCUT2D eigenvalue weighted by Crippen LogP contribution is -2.16. The fourth-order valence-corrected chi connectivity index (χ4v) is 4.83. The Labute approximate surface area is 209 Å². The van der Waals surface area contributed by atoms with E-state index in [1.54, 1.807) is 23.6 Å². The summed E-state index contributed by atoms with van der Waals surface area (Å²) in [6.45, 7) is 1.03. The number of aromatic nitrogens is 5. The summed E-state index contributed by atoms with van der Waals surface area (Å²) < 4.78 is 37.6. The number of hydrogen-bond acceptors (Lipinski definition) is 8. The molecule has 11 heteroatoms. The first-order valence-electron chi connectivity index (χ1n) is 11.2. The normalized spacial score (nSPS) is 11.5. The van der Waals surface area contributed by atoms with Crippen molar-refractivity contribution in [1.82, 2.24) is 30.1 Å². The van der Waals surface area contributed by atoms with Crippen LogP contribution in [-0.2, 0) is 0 Å². The predicted octanol–water partition coefficient (Wildman–Crippen LogP) is 4.80. The van der Waals surface area contributed by atoms with Crippen molar-refractivity contribution in [3.05, 3.63) is 66.4 Å². The number of hydrogen-bond donors (Lipinski definition) is 1. The zero-order valence-corrected chi connectivity index (χ0v) is 20.5. The first-order valence-corrected chi connectivity index (χ1v) is 12.0. The third kappa shape index (κ3) is 4.62. The van der Waals surface area contributed by atoms with Crippen molar-refractivity contribution in [3.63, 3.8) is 0 Å². The molecule has 2 aromatic carbocycles. The molecule has 2 N–H and O–H groups in total. The third-order valence-electron chi connectivity index (χ3n) is 5.60. The van der Waals surface area contributed by atoms with Gasteiger partial charge >= 0.3 is 0 Å². The van der Waals surface area contributed by atoms with Crippen LogP contribution in [0, 0.1) is 11.6 Å². The van der Waals surface area contributed by atoms with Gasteiger partial charge in [0.2, 0.25) is 5.82 Å². The minimum Gasteiger partial charge on any atom is -0.490 e. The van der Waals surface area contributed by atoms with Gasteiger partial charge in [-0.1, -0.05) is 18.2 Å². The number of fused-ring (bicyclic) bond motifs is 1. The van der Waals surface area contributed by atoms with Gasteiger partial charge in [-0.15, -0.1) is 16.4 Å². The second-order valence-electron chi connectivity index (χ2n) is 8.44. The van der Waals surface area contributed by atoms with Gasteiger partial charge in [0.15, 0.2) is 17.4 Å². The predicted molar refractivity (Wildman–Crippen MR) is 136 cm³/mol. The molecular weight excluding hydrogens is 484 g/mol. The van der Waals surface area contributed by atoms with Crippen LogP contribution in [0.4, 0.5) is 14.6 Å². The van der Waals surface area contributed by atoms with Gasteiger partial charge < -0.3 is 15.4 Å². The molecule has 184 valence electrons. The molecule has 36 heavy (non-hydrogen) atoms. The van der Waals surface area contributed by atoms with Gasteiger partial charge in [-0.05, 0) is 66.7 Å². The number of nitrogen functional groups attached to an aromatic ring is 1. The largest absolute Gasteiger partial charge is 0.490 e. The van der Waals surface area contributed by atoms with Gasteiger partial charge in [-0.25, -0.2) is 9.37 Å². The Morgan fingerprint density at radius 2 is 1.92 bits per heavy atom. The van der Waals surface area contributed by atoms with Crippen molar-refractivity contribution in [3.8, 4) is 33.3 Å². The van der Waals surface area contributed by atoms with E-state index in [1.807, 2.05) is 43.3 Å². The van der Waals surface area contributed by atoms with E-state index in [0.29, 0.717) is 12.0 Å². The molecule has 0 unspecified atom stereocenters. The van der Waals surface area contributed by atoms with Crippen LogP contribution in [0.15, 0.2) is 54.7 Å². The first kappa shape index (κ1) is 23.8. The Morgan fingerprint density at radius 3 is 2.72 bits per heavy atom. The molecule has 3 heterocycles. The monoisotopic (exact) mass is 507 g/mol. The van der Waals surface area contributed by atoms with E-state index in [0.717, 1.165) is 31.8 Å². The zero-order chi connectivity index (χ0) is 25.2. The Balaban J connectivity index is 1.48. The smallest absolute Gasteiger partial charge is 0.202 e. The van der Waals surface area contributed by atoms with Gasteiger partial charge in [-0.3, -0.25) is 0 Å². The van der Waals surface area contributed by atoms with Crippen LogP contribution in [0.25, 0.3) is 37.6 Å². The fraction of sp³-hybridized carbons (Fsp3) is 0.200. The molecular formula is C25H23F2N7OS. The van der Waals surface area contributed by atoms with Crippen LogP contribution in [0.5, 0.6) is 5.75 Å². The van der Waals surface area contributed by atoms with Crippen molar-refractivity contribution < 1.29 is 13.5 Å². The van der Waals surface area contributed by atoms with Crippen LogP contribution in [0.3, 0.4) is 0 Å². The average Bonchev–Trinajstić information content (AvgIpc) is 3.52. The van der Waals surface area contributed by atoms with Crippen molar-refractivity contribution in [1.29, 1.82) is 0 Å². The van der Waals surface area contributed by atoms with Gasteiger partial charge in [-0.2, -0.15) is 9.07 Å². The quantitative estimate of drug-likeness (QED) is 0.302. The van der Waals surface area contributed by atoms with E-state index in [-0.39, 0.29) is 29.7 Å². The number of rotatable bonds is 8. The fourth-order valence-electron chi connectivity index (χ4n) is 3.79. The van der Waals surface area contributed by atoms with Gasteiger partial charge in [0.25, 0.3) is 0 Å². The minimum absolute atomic E-state index is 0.140. The molecule has 0 aliphatic carbocycles. The van der Waals surface area contributed by atoms with E-state index < -0.39 is 11.6 Å². The number of benzene rings is 2. The van der Waals surface area contributed by atoms with Crippen LogP contribution in [0.2, 0.25) is 0 Å². The Hall–Kier alpha value is -3.96. The second-order valence-corrected chi connectivity index (χ2v) is 9.52. The van der Waals surface area contributed by atoms with Crippen LogP contribution in [0.1, 0.15) is 6.42 Å². The Kier molecular flexibility index (Phi) is 6.57. The van der Waals surface area contributed by atoms with E-state index >= 15 is 4.39 Å². The molecule has 0 saturated heterocycles. The lowest BCUT2D eigenvalue weighted by Gasteiger charge is -2.13. The molecule has 3 aromatic heterocycles. The van der Waals surface area contributed by atoms with Gasteiger partial charge in [0.1, 0.15) is 11.5 Å². The molecule has 0 amide bonds. The summed E-state index contributed by atoms with van der Waals surface area (Å²) in [7, 11) is 3.86. The number of anilines is 1. The summed E-state index contributed by atoms with van der Waals surface area (Å²) in [5.41, 5.74) is 7.20. The van der Waals surface area contributed by atoms with E-state index in [9.17, 15) is 4.39 Å². The molecule has 5 rings (SSSR count). The summed E-state index contributed by atoms with van der Waals surface area (Å²) in [4.78, 5) is 7.28. The summed E-state index contributed by atoms with van der Waals surface area (Å²) in [6.07, 6.45) is 2.34. The Bertz CT molecular complexity index is 1500. The number of pyridine rings is 1. The number of ether oxygens (including phenoxy) is 1. The molecule has 8 nitrogen and oxygen atoms in total. The molecule has 0 aliphatic heterocycles. The maximum atomic E-state index is 15.1. The zero-order valence-electron chi connectivity index (χ0n) is 19.7. The van der Waals surface area contributed by atoms with Gasteiger partial charge in [0.05, 0.1) is 12.2 Å². The lowest BCUT2D eigenvalue weighted by molar-refractivity contribution is 0.267. The average molecular weight is 508 g/mol. The van der Waals surface area contributed by atoms with E-state index in [2.05, 4.69) is 26.6 Å². The van der Waals surface area contributed by atoms with Crippen molar-refractivity contribution >= 4 is 27.2 Å². The van der Waals surface area contributed by atoms with Crippen LogP contribution in [-0.4, -0.2) is 57.3 Å². The molecule has 0 atom stereocenters. The molecule has 0 bridgehead atoms. The number of tetrazole rings is 1. The highest BCUT2D eigenvalue weighted by Gasteiger charge is 2.22. The number of nitrogens with two attached hydrogens (primary N) is 1. The highest BCUT2D eigenvalue weighted by Crippen LogP contribution is 2.36. The highest BCUT2D eigenvalue weighted by atomic mass is 32.1. The van der Waals surface area contributed by atoms with E-state index in [1.165, 1.54) is 12.1 Å². The topological polar surface area (TPSA) is 95.0 Å². The van der Waals surface area contributed by atoms with Crippen LogP contribution >= 0.6 is 11.3 Å². The Morgan fingerprint density at radius 1 is 1.08 bits per heavy atom. The highest BCUT2D eigenvalue weighted by molar-refractivity contribution is 7.22. The molecule has 0 aliphatic rings. The molecule has 0 radical (unpaired) electrons. The maximum absolute atomic E-state index is 15.1. The van der Waals surface area contributed by atoms with Crippen LogP contribution < -0.4 is 10.5 Å². The molecule has 5 aromatic rings. The van der Waals surface area contributed by atoms with Crippen molar-refractivity contribution in [2.75, 3.05) is 33.0 Å². The third-order valence-corrected chi connectivity index (χ3v) is 6.77. The van der Waals surface area contributed by atoms with E-state index in [4.69, 9.17) is 10.5 Å². The molecule has 0 saturated carbocycles. The number of nitrogens with zero attached hydrogens (tertiary/aromatic N) is 6.